The minimum atomic E-state index is -4.31. The minimum absolute atomic E-state index is 0.104. The van der Waals surface area contributed by atoms with Crippen molar-refractivity contribution in [3.8, 4) is 0 Å². The third-order valence-electron chi connectivity index (χ3n) is 4.83. The van der Waals surface area contributed by atoms with E-state index in [1.165, 1.54) is 18.2 Å². The second-order valence-electron chi connectivity index (χ2n) is 8.41. The summed E-state index contributed by atoms with van der Waals surface area (Å²) in [7, 11) is 0. The summed E-state index contributed by atoms with van der Waals surface area (Å²) < 4.78 is 43.3. The lowest BCUT2D eigenvalue weighted by Crippen LogP contribution is -2.51. The van der Waals surface area contributed by atoms with Gasteiger partial charge < -0.3 is 15.0 Å². The zero-order chi connectivity index (χ0) is 21.4. The van der Waals surface area contributed by atoms with Crippen LogP contribution in [-0.2, 0) is 16.0 Å². The molecular weight excluding hydrogens is 387 g/mol. The molecule has 2 amide bonds. The molecule has 9 heteroatoms. The molecule has 1 aromatic rings. The van der Waals surface area contributed by atoms with Gasteiger partial charge in [0.2, 0.25) is 0 Å². The third-order valence-corrected chi connectivity index (χ3v) is 4.83. The largest absolute Gasteiger partial charge is 0.444 e. The minimum Gasteiger partial charge on any atom is -0.444 e. The van der Waals surface area contributed by atoms with E-state index in [9.17, 15) is 22.8 Å². The molecule has 1 aromatic carbocycles. The Balaban J connectivity index is 1.73. The fourth-order valence-electron chi connectivity index (χ4n) is 3.44. The van der Waals surface area contributed by atoms with Crippen LogP contribution in [0.3, 0.4) is 0 Å². The molecule has 29 heavy (non-hydrogen) atoms. The van der Waals surface area contributed by atoms with Crippen LogP contribution in [0.4, 0.5) is 18.0 Å². The Kier molecular flexibility index (Phi) is 5.36. The standard InChI is InChI=1S/C20H24F3N3O3/c1-18(2,3)29-17(28)26-9-7-19(8-10-26)16(27)24-15(25-19)14-6-4-5-13(11-14)12-20(21,22)23/h4-6,11H,7-10,12H2,1-3H3,(H,24,25,27). The SMILES string of the molecule is CC(C)(C)OC(=O)N1CCC2(CC1)N=C(c1cccc(CC(F)(F)F)c1)NC2=O. The van der Waals surface area contributed by atoms with Crippen molar-refractivity contribution in [2.45, 2.75) is 57.3 Å². The van der Waals surface area contributed by atoms with Gasteiger partial charge in [-0.05, 0) is 45.2 Å². The van der Waals surface area contributed by atoms with Crippen LogP contribution in [0, 0.1) is 0 Å². The van der Waals surface area contributed by atoms with Crippen LogP contribution in [0.2, 0.25) is 0 Å². The molecule has 0 saturated carbocycles. The van der Waals surface area contributed by atoms with Crippen LogP contribution in [0.25, 0.3) is 0 Å². The van der Waals surface area contributed by atoms with Gasteiger partial charge in [-0.15, -0.1) is 0 Å². The van der Waals surface area contributed by atoms with Gasteiger partial charge in [-0.3, -0.25) is 9.79 Å². The molecule has 3 rings (SSSR count). The fraction of sp³-hybridized carbons (Fsp3) is 0.550. The van der Waals surface area contributed by atoms with Crippen LogP contribution in [0.1, 0.15) is 44.7 Å². The zero-order valence-electron chi connectivity index (χ0n) is 16.6. The number of carbonyl (C=O) groups is 2. The van der Waals surface area contributed by atoms with Crippen molar-refractivity contribution in [2.24, 2.45) is 4.99 Å². The van der Waals surface area contributed by atoms with Gasteiger partial charge in [0.05, 0.1) is 6.42 Å². The quantitative estimate of drug-likeness (QED) is 0.811. The molecular formula is C20H24F3N3O3. The number of carbonyl (C=O) groups excluding carboxylic acids is 2. The number of halogens is 3. The molecule has 0 atom stereocenters. The first-order valence-electron chi connectivity index (χ1n) is 9.42. The van der Waals surface area contributed by atoms with Gasteiger partial charge in [-0.2, -0.15) is 13.2 Å². The Morgan fingerprint density at radius 2 is 1.90 bits per heavy atom. The zero-order valence-corrected chi connectivity index (χ0v) is 16.6. The van der Waals surface area contributed by atoms with Crippen molar-refractivity contribution < 1.29 is 27.5 Å². The molecule has 2 aliphatic rings. The van der Waals surface area contributed by atoms with Crippen molar-refractivity contribution in [3.05, 3.63) is 35.4 Å². The highest BCUT2D eigenvalue weighted by Crippen LogP contribution is 2.32. The van der Waals surface area contributed by atoms with E-state index in [-0.39, 0.29) is 17.3 Å². The number of alkyl halides is 3. The van der Waals surface area contributed by atoms with E-state index >= 15 is 0 Å². The number of nitrogens with zero attached hydrogens (tertiary/aromatic N) is 2. The summed E-state index contributed by atoms with van der Waals surface area (Å²) in [5.41, 5.74) is -1.07. The van der Waals surface area contributed by atoms with Crippen molar-refractivity contribution in [3.63, 3.8) is 0 Å². The average molecular weight is 411 g/mol. The van der Waals surface area contributed by atoms with E-state index in [1.807, 2.05) is 0 Å². The predicted molar refractivity (Wildman–Crippen MR) is 101 cm³/mol. The number of likely N-dealkylation sites (tertiary alicyclic amines) is 1. The highest BCUT2D eigenvalue weighted by Gasteiger charge is 2.47. The summed E-state index contributed by atoms with van der Waals surface area (Å²) in [6.07, 6.45) is -5.14. The molecule has 2 heterocycles. The van der Waals surface area contributed by atoms with Gasteiger partial charge in [0.1, 0.15) is 17.0 Å². The maximum atomic E-state index is 12.7. The van der Waals surface area contributed by atoms with Gasteiger partial charge in [-0.1, -0.05) is 18.2 Å². The lowest BCUT2D eigenvalue weighted by Gasteiger charge is -2.36. The number of hydrogen-bond acceptors (Lipinski definition) is 4. The molecule has 1 saturated heterocycles. The number of hydrogen-bond donors (Lipinski definition) is 1. The fourth-order valence-corrected chi connectivity index (χ4v) is 3.44. The van der Waals surface area contributed by atoms with Crippen LogP contribution in [0.15, 0.2) is 29.3 Å². The molecule has 1 fully saturated rings. The number of benzene rings is 1. The number of nitrogens with one attached hydrogen (secondary N) is 1. The van der Waals surface area contributed by atoms with Gasteiger partial charge in [0.15, 0.2) is 0 Å². The Morgan fingerprint density at radius 1 is 1.24 bits per heavy atom. The maximum absolute atomic E-state index is 12.7. The molecule has 0 radical (unpaired) electrons. The molecule has 0 bridgehead atoms. The molecule has 0 unspecified atom stereocenters. The van der Waals surface area contributed by atoms with Crippen LogP contribution >= 0.6 is 0 Å². The number of piperidine rings is 1. The van der Waals surface area contributed by atoms with Gasteiger partial charge in [0, 0.05) is 18.7 Å². The summed E-state index contributed by atoms with van der Waals surface area (Å²) in [6.45, 7) is 5.97. The normalized spacial score (nSPS) is 19.2. The predicted octanol–water partition coefficient (Wildman–Crippen LogP) is 3.44. The summed E-state index contributed by atoms with van der Waals surface area (Å²) >= 11 is 0. The smallest absolute Gasteiger partial charge is 0.410 e. The topological polar surface area (TPSA) is 71.0 Å². The molecule has 6 nitrogen and oxygen atoms in total. The molecule has 0 aromatic heterocycles. The first-order chi connectivity index (χ1) is 13.4. The van der Waals surface area contributed by atoms with Crippen molar-refractivity contribution in [2.75, 3.05) is 13.1 Å². The van der Waals surface area contributed by atoms with Crippen molar-refractivity contribution in [1.82, 2.24) is 10.2 Å². The van der Waals surface area contributed by atoms with Gasteiger partial charge in [-0.25, -0.2) is 4.79 Å². The van der Waals surface area contributed by atoms with E-state index in [1.54, 1.807) is 31.7 Å². The van der Waals surface area contributed by atoms with E-state index in [2.05, 4.69) is 10.3 Å². The molecule has 1 N–H and O–H groups in total. The average Bonchev–Trinajstić information content (AvgIpc) is 2.89. The Labute approximate surface area is 167 Å². The van der Waals surface area contributed by atoms with E-state index in [4.69, 9.17) is 4.74 Å². The van der Waals surface area contributed by atoms with Crippen LogP contribution in [0.5, 0.6) is 0 Å². The Morgan fingerprint density at radius 3 is 2.48 bits per heavy atom. The lowest BCUT2D eigenvalue weighted by molar-refractivity contribution is -0.127. The number of amidine groups is 1. The first-order valence-corrected chi connectivity index (χ1v) is 9.42. The number of rotatable bonds is 2. The van der Waals surface area contributed by atoms with E-state index < -0.39 is 29.8 Å². The van der Waals surface area contributed by atoms with Crippen molar-refractivity contribution >= 4 is 17.8 Å². The van der Waals surface area contributed by atoms with Crippen LogP contribution < -0.4 is 5.32 Å². The number of amides is 2. The lowest BCUT2D eigenvalue weighted by atomic mass is 9.88. The van der Waals surface area contributed by atoms with Crippen LogP contribution in [-0.4, -0.2) is 53.1 Å². The molecule has 2 aliphatic heterocycles. The second kappa shape index (κ2) is 7.35. The first kappa shape index (κ1) is 21.1. The van der Waals surface area contributed by atoms with E-state index in [0.717, 1.165) is 0 Å². The molecule has 0 aliphatic carbocycles. The summed E-state index contributed by atoms with van der Waals surface area (Å²) in [6, 6.07) is 5.92. The molecule has 158 valence electrons. The molecule has 1 spiro atoms. The monoisotopic (exact) mass is 411 g/mol. The third kappa shape index (κ3) is 5.07. The summed E-state index contributed by atoms with van der Waals surface area (Å²) in [4.78, 5) is 30.9. The summed E-state index contributed by atoms with van der Waals surface area (Å²) in [5.74, 6) is -0.0256. The van der Waals surface area contributed by atoms with Gasteiger partial charge in [0.25, 0.3) is 5.91 Å². The number of ether oxygens (including phenoxy) is 1. The maximum Gasteiger partial charge on any atom is 0.410 e. The summed E-state index contributed by atoms with van der Waals surface area (Å²) in [5, 5.41) is 2.70. The number of aliphatic imine (C=N–C) groups is 1. The highest BCUT2D eigenvalue weighted by molar-refractivity contribution is 6.15. The second-order valence-corrected chi connectivity index (χ2v) is 8.41. The van der Waals surface area contributed by atoms with E-state index in [0.29, 0.717) is 31.5 Å². The van der Waals surface area contributed by atoms with Crippen molar-refractivity contribution in [1.29, 1.82) is 0 Å². The van der Waals surface area contributed by atoms with Gasteiger partial charge >= 0.3 is 12.3 Å². The highest BCUT2D eigenvalue weighted by atomic mass is 19.4. The Bertz CT molecular complexity index is 835. The Hall–Kier alpha value is -2.58.